The SMILES string of the molecule is C[C@@H](OC(=O)Nc1c(-c2ccc(-c3ccc(C4(OC=O)CC4)cc3)cc2)oc2ncc(C(F)(F)F)cc12)c1ccccc1. The van der Waals surface area contributed by atoms with Gasteiger partial charge in [0.15, 0.2) is 5.76 Å². The van der Waals surface area contributed by atoms with Gasteiger partial charge in [0.25, 0.3) is 6.47 Å². The summed E-state index contributed by atoms with van der Waals surface area (Å²) in [6, 6.07) is 24.8. The Morgan fingerprint density at radius 3 is 2.21 bits per heavy atom. The first kappa shape index (κ1) is 28.0. The maximum Gasteiger partial charge on any atom is 0.417 e. The van der Waals surface area contributed by atoms with E-state index in [9.17, 15) is 22.8 Å². The van der Waals surface area contributed by atoms with Crippen molar-refractivity contribution in [3.8, 4) is 22.5 Å². The number of aromatic nitrogens is 1. The van der Waals surface area contributed by atoms with Gasteiger partial charge in [0, 0.05) is 11.8 Å². The van der Waals surface area contributed by atoms with Gasteiger partial charge in [0.05, 0.1) is 10.9 Å². The molecule has 10 heteroatoms. The summed E-state index contributed by atoms with van der Waals surface area (Å²) >= 11 is 0. The molecule has 0 aliphatic heterocycles. The van der Waals surface area contributed by atoms with Crippen molar-refractivity contribution in [3.63, 3.8) is 0 Å². The number of furan rings is 1. The van der Waals surface area contributed by atoms with Crippen LogP contribution in [0, 0.1) is 0 Å². The second-order valence-electron chi connectivity index (χ2n) is 10.3. The van der Waals surface area contributed by atoms with Crippen molar-refractivity contribution in [2.75, 3.05) is 5.32 Å². The van der Waals surface area contributed by atoms with E-state index in [0.29, 0.717) is 18.2 Å². The maximum absolute atomic E-state index is 13.5. The van der Waals surface area contributed by atoms with Gasteiger partial charge in [-0.1, -0.05) is 78.9 Å². The minimum absolute atomic E-state index is 0.0136. The quantitative estimate of drug-likeness (QED) is 0.183. The molecule has 43 heavy (non-hydrogen) atoms. The maximum atomic E-state index is 13.5. The van der Waals surface area contributed by atoms with Crippen molar-refractivity contribution >= 4 is 29.4 Å². The fourth-order valence-corrected chi connectivity index (χ4v) is 5.01. The van der Waals surface area contributed by atoms with Gasteiger partial charge in [-0.05, 0) is 48.1 Å². The van der Waals surface area contributed by atoms with Gasteiger partial charge in [-0.25, -0.2) is 9.78 Å². The highest BCUT2D eigenvalue weighted by molar-refractivity contribution is 6.04. The Bertz CT molecular complexity index is 1780. The topological polar surface area (TPSA) is 90.7 Å². The van der Waals surface area contributed by atoms with Crippen molar-refractivity contribution < 1.29 is 36.7 Å². The van der Waals surface area contributed by atoms with Crippen LogP contribution in [0.2, 0.25) is 0 Å². The van der Waals surface area contributed by atoms with Crippen LogP contribution in [0.5, 0.6) is 0 Å². The smallest absolute Gasteiger partial charge is 0.417 e. The molecule has 0 spiro atoms. The van der Waals surface area contributed by atoms with Crippen molar-refractivity contribution in [1.82, 2.24) is 4.98 Å². The average molecular weight is 587 g/mol. The number of nitrogens with one attached hydrogen (secondary N) is 1. The first-order valence-corrected chi connectivity index (χ1v) is 13.5. The van der Waals surface area contributed by atoms with Gasteiger partial charge >= 0.3 is 12.3 Å². The number of ether oxygens (including phenoxy) is 2. The van der Waals surface area contributed by atoms with Gasteiger partial charge in [-0.3, -0.25) is 10.1 Å². The third-order valence-electron chi connectivity index (χ3n) is 7.52. The van der Waals surface area contributed by atoms with Gasteiger partial charge in [0.2, 0.25) is 5.71 Å². The van der Waals surface area contributed by atoms with Crippen LogP contribution in [0.25, 0.3) is 33.6 Å². The molecule has 0 saturated heterocycles. The molecule has 1 amide bonds. The van der Waals surface area contributed by atoms with Gasteiger partial charge in [-0.2, -0.15) is 13.2 Å². The predicted molar refractivity (Wildman–Crippen MR) is 153 cm³/mol. The lowest BCUT2D eigenvalue weighted by Crippen LogP contribution is -2.16. The molecule has 3 aromatic carbocycles. The molecule has 1 aliphatic carbocycles. The number of hydrogen-bond acceptors (Lipinski definition) is 6. The third-order valence-corrected chi connectivity index (χ3v) is 7.52. The number of halogens is 3. The Kier molecular flexibility index (Phi) is 7.13. The zero-order valence-electron chi connectivity index (χ0n) is 22.9. The Morgan fingerprint density at radius 2 is 1.60 bits per heavy atom. The second kappa shape index (κ2) is 10.9. The molecule has 6 rings (SSSR count). The first-order chi connectivity index (χ1) is 20.7. The molecule has 2 heterocycles. The van der Waals surface area contributed by atoms with Crippen LogP contribution in [0.1, 0.15) is 42.6 Å². The summed E-state index contributed by atoms with van der Waals surface area (Å²) < 4.78 is 57.3. The predicted octanol–water partition coefficient (Wildman–Crippen LogP) is 8.65. The monoisotopic (exact) mass is 586 g/mol. The zero-order chi connectivity index (χ0) is 30.2. The van der Waals surface area contributed by atoms with E-state index in [2.05, 4.69) is 10.3 Å². The molecule has 5 aromatic rings. The van der Waals surface area contributed by atoms with Crippen LogP contribution >= 0.6 is 0 Å². The summed E-state index contributed by atoms with van der Waals surface area (Å²) in [4.78, 5) is 27.7. The highest BCUT2D eigenvalue weighted by Crippen LogP contribution is 2.49. The number of anilines is 1. The Morgan fingerprint density at radius 1 is 0.977 bits per heavy atom. The summed E-state index contributed by atoms with van der Waals surface area (Å²) in [6.07, 6.45) is -3.86. The largest absolute Gasteiger partial charge is 0.456 e. The van der Waals surface area contributed by atoms with Crippen LogP contribution < -0.4 is 5.32 Å². The van der Waals surface area contributed by atoms with Gasteiger partial charge in [0.1, 0.15) is 17.4 Å². The normalized spacial score (nSPS) is 14.6. The summed E-state index contributed by atoms with van der Waals surface area (Å²) in [5, 5.41) is 2.58. The molecule has 2 aromatic heterocycles. The van der Waals surface area contributed by atoms with Crippen LogP contribution in [0.3, 0.4) is 0 Å². The molecule has 7 nitrogen and oxygen atoms in total. The van der Waals surface area contributed by atoms with Crippen LogP contribution in [0.15, 0.2) is 95.5 Å². The zero-order valence-corrected chi connectivity index (χ0v) is 22.9. The summed E-state index contributed by atoms with van der Waals surface area (Å²) in [6.45, 7) is 2.17. The lowest BCUT2D eigenvalue weighted by atomic mass is 9.99. The molecular weight excluding hydrogens is 561 g/mol. The first-order valence-electron chi connectivity index (χ1n) is 13.5. The Hall–Kier alpha value is -5.12. The number of fused-ring (bicyclic) bond motifs is 1. The fraction of sp³-hybridized carbons (Fsp3) is 0.182. The lowest BCUT2D eigenvalue weighted by molar-refractivity contribution is -0.138. The molecule has 1 N–H and O–H groups in total. The van der Waals surface area contributed by atoms with Gasteiger partial charge in [-0.15, -0.1) is 0 Å². The van der Waals surface area contributed by atoms with Crippen LogP contribution in [-0.2, 0) is 26.0 Å². The summed E-state index contributed by atoms with van der Waals surface area (Å²) in [7, 11) is 0. The summed E-state index contributed by atoms with van der Waals surface area (Å²) in [5.41, 5.74) is 2.41. The molecule has 1 aliphatic rings. The van der Waals surface area contributed by atoms with Crippen molar-refractivity contribution in [2.24, 2.45) is 0 Å². The summed E-state index contributed by atoms with van der Waals surface area (Å²) in [5.74, 6) is 0.134. The molecule has 0 bridgehead atoms. The number of rotatable bonds is 8. The molecule has 1 saturated carbocycles. The molecular formula is C33H25F3N2O5. The molecule has 0 unspecified atom stereocenters. The minimum atomic E-state index is -4.64. The number of carbonyl (C=O) groups is 2. The highest BCUT2D eigenvalue weighted by atomic mass is 19.4. The van der Waals surface area contributed by atoms with E-state index in [4.69, 9.17) is 13.9 Å². The van der Waals surface area contributed by atoms with E-state index in [1.165, 1.54) is 0 Å². The van der Waals surface area contributed by atoms with Crippen LogP contribution in [0.4, 0.5) is 23.7 Å². The minimum Gasteiger partial charge on any atom is -0.456 e. The van der Waals surface area contributed by atoms with E-state index >= 15 is 0 Å². The number of amides is 1. The number of carbonyl (C=O) groups excluding carboxylic acids is 2. The van der Waals surface area contributed by atoms with Crippen LogP contribution in [-0.4, -0.2) is 17.5 Å². The van der Waals surface area contributed by atoms with Crippen molar-refractivity contribution in [3.05, 3.63) is 108 Å². The van der Waals surface area contributed by atoms with E-state index in [1.807, 2.05) is 54.6 Å². The number of pyridine rings is 1. The van der Waals surface area contributed by atoms with E-state index < -0.39 is 29.5 Å². The Balaban J connectivity index is 1.31. The molecule has 218 valence electrons. The van der Waals surface area contributed by atoms with E-state index in [0.717, 1.165) is 41.2 Å². The number of benzene rings is 3. The number of nitrogens with zero attached hydrogens (tertiary/aromatic N) is 1. The Labute approximate surface area is 244 Å². The number of hydrogen-bond donors (Lipinski definition) is 1. The number of alkyl halides is 3. The highest BCUT2D eigenvalue weighted by Gasteiger charge is 2.47. The fourth-order valence-electron chi connectivity index (χ4n) is 5.01. The van der Waals surface area contributed by atoms with E-state index in [1.54, 1.807) is 31.2 Å². The lowest BCUT2D eigenvalue weighted by Gasteiger charge is -2.15. The molecule has 0 radical (unpaired) electrons. The molecule has 1 atom stereocenters. The van der Waals surface area contributed by atoms with Gasteiger partial charge < -0.3 is 13.9 Å². The third kappa shape index (κ3) is 5.68. The van der Waals surface area contributed by atoms with E-state index in [-0.39, 0.29) is 22.5 Å². The van der Waals surface area contributed by atoms with Crippen molar-refractivity contribution in [1.29, 1.82) is 0 Å². The molecule has 1 fully saturated rings. The standard InChI is InChI=1S/C33H25F3N2O5/c1-20(21-5-3-2-4-6-21)42-31(40)38-28-27-17-26(33(34,35)36)18-37-30(27)43-29(28)24-9-7-22(8-10-24)23-11-13-25(14-12-23)32(15-16-32)41-19-39/h2-14,17-20H,15-16H2,1H3,(H,38,40)/t20-/m1/s1. The average Bonchev–Trinajstić information content (AvgIpc) is 3.71. The van der Waals surface area contributed by atoms with Crippen molar-refractivity contribution in [2.45, 2.75) is 37.6 Å². The second-order valence-corrected chi connectivity index (χ2v) is 10.3.